The summed E-state index contributed by atoms with van der Waals surface area (Å²) in [5.41, 5.74) is 0. The number of unbranched alkanes of at least 4 members (excludes halogenated alkanes) is 3. The fraction of sp³-hybridized carbons (Fsp3) is 1.00. The van der Waals surface area contributed by atoms with Crippen LogP contribution in [0.15, 0.2) is 0 Å². The van der Waals surface area contributed by atoms with E-state index >= 15 is 0 Å². The minimum atomic E-state index is -1.82. The molecule has 0 aromatic carbocycles. The van der Waals surface area contributed by atoms with Crippen LogP contribution in [0.2, 0.25) is 12.6 Å². The van der Waals surface area contributed by atoms with Gasteiger partial charge in [-0.2, -0.15) is 50.5 Å². The van der Waals surface area contributed by atoms with Gasteiger partial charge in [-0.25, -0.2) is 0 Å². The molecule has 0 fully saturated rings. The molecule has 0 N–H and O–H groups in total. The fourth-order valence-electron chi connectivity index (χ4n) is 1.67. The van der Waals surface area contributed by atoms with Crippen LogP contribution in [-0.2, 0) is 8.85 Å². The quantitative estimate of drug-likeness (QED) is 0.161. The molecular weight excluding hydrogens is 429 g/mol. The van der Waals surface area contributed by atoms with Crippen molar-refractivity contribution in [1.29, 1.82) is 0 Å². The van der Waals surface area contributed by atoms with Crippen LogP contribution in [-0.4, -0.2) is 44.8 Å². The van der Waals surface area contributed by atoms with Crippen molar-refractivity contribution >= 4 is 59.1 Å². The SMILES string of the molecule is CCCCS.CCCCS.CCCCS.CCO[Si](C)(CCCS)OCC. The monoisotopic (exact) mass is 478 g/mol. The van der Waals surface area contributed by atoms with Crippen molar-refractivity contribution in [1.82, 2.24) is 0 Å². The lowest BCUT2D eigenvalue weighted by Gasteiger charge is -2.25. The normalized spacial score (nSPS) is 10.0. The first-order valence-electron chi connectivity index (χ1n) is 10.6. The summed E-state index contributed by atoms with van der Waals surface area (Å²) in [6.45, 7) is 14.2. The average molecular weight is 479 g/mol. The molecule has 0 spiro atoms. The van der Waals surface area contributed by atoms with Crippen LogP contribution in [0.25, 0.3) is 0 Å². The Balaban J connectivity index is -0.000000147. The molecule has 0 heterocycles. The molecule has 0 aromatic rings. The molecule has 0 aliphatic rings. The predicted octanol–water partition coefficient (Wildman–Crippen LogP) is 7.60. The number of thiol groups is 4. The maximum Gasteiger partial charge on any atom is 0.334 e. The molecule has 27 heavy (non-hydrogen) atoms. The lowest BCUT2D eigenvalue weighted by molar-refractivity contribution is 0.189. The second-order valence-electron chi connectivity index (χ2n) is 6.06. The van der Waals surface area contributed by atoms with Crippen LogP contribution in [0.4, 0.5) is 0 Å². The van der Waals surface area contributed by atoms with E-state index in [9.17, 15) is 0 Å². The summed E-state index contributed by atoms with van der Waals surface area (Å²) < 4.78 is 11.3. The Hall–Kier alpha value is 1.54. The van der Waals surface area contributed by atoms with Crippen LogP contribution in [0.3, 0.4) is 0 Å². The van der Waals surface area contributed by atoms with Gasteiger partial charge in [-0.1, -0.05) is 40.0 Å². The van der Waals surface area contributed by atoms with Gasteiger partial charge in [0.05, 0.1) is 0 Å². The van der Waals surface area contributed by atoms with Gasteiger partial charge >= 0.3 is 8.56 Å². The van der Waals surface area contributed by atoms with E-state index in [1.807, 2.05) is 13.8 Å². The number of hydrogen-bond acceptors (Lipinski definition) is 6. The van der Waals surface area contributed by atoms with Gasteiger partial charge in [0.25, 0.3) is 0 Å². The Labute approximate surface area is 195 Å². The molecule has 0 saturated carbocycles. The Morgan fingerprint density at radius 1 is 0.556 bits per heavy atom. The van der Waals surface area contributed by atoms with Crippen molar-refractivity contribution in [2.45, 2.75) is 92.2 Å². The van der Waals surface area contributed by atoms with Crippen molar-refractivity contribution in [2.24, 2.45) is 0 Å². The average Bonchev–Trinajstić information content (AvgIpc) is 2.64. The van der Waals surface area contributed by atoms with E-state index in [0.717, 1.165) is 48.7 Å². The molecule has 0 rings (SSSR count). The molecule has 0 atom stereocenters. The van der Waals surface area contributed by atoms with Crippen LogP contribution in [0.5, 0.6) is 0 Å². The zero-order valence-corrected chi connectivity index (χ0v) is 23.6. The molecule has 0 bridgehead atoms. The summed E-state index contributed by atoms with van der Waals surface area (Å²) in [5, 5.41) is 0. The molecule has 7 heteroatoms. The van der Waals surface area contributed by atoms with Gasteiger partial charge in [-0.3, -0.25) is 0 Å². The second kappa shape index (κ2) is 35.0. The minimum absolute atomic E-state index is 0.759. The third kappa shape index (κ3) is 42.6. The van der Waals surface area contributed by atoms with Crippen LogP contribution in [0, 0.1) is 0 Å². The van der Waals surface area contributed by atoms with Crippen molar-refractivity contribution in [3.63, 3.8) is 0 Å². The van der Waals surface area contributed by atoms with Crippen molar-refractivity contribution in [3.8, 4) is 0 Å². The Bertz CT molecular complexity index is 200. The first-order chi connectivity index (χ1) is 12.9. The molecule has 0 saturated heterocycles. The fourth-order valence-corrected chi connectivity index (χ4v) is 5.49. The third-order valence-corrected chi connectivity index (χ3v) is 7.55. The van der Waals surface area contributed by atoms with Crippen molar-refractivity contribution in [2.75, 3.05) is 36.2 Å². The third-order valence-electron chi connectivity index (χ3n) is 3.22. The summed E-state index contributed by atoms with van der Waals surface area (Å²) in [7, 11) is -1.82. The van der Waals surface area contributed by atoms with Crippen molar-refractivity contribution < 1.29 is 8.85 Å². The predicted molar refractivity (Wildman–Crippen MR) is 144 cm³/mol. The van der Waals surface area contributed by atoms with Crippen molar-refractivity contribution in [3.05, 3.63) is 0 Å². The van der Waals surface area contributed by atoms with E-state index in [0.29, 0.717) is 0 Å². The molecular formula is C20H50O2S4Si. The largest absolute Gasteiger partial charge is 0.395 e. The van der Waals surface area contributed by atoms with Crippen LogP contribution < -0.4 is 0 Å². The lowest BCUT2D eigenvalue weighted by atomic mass is 10.4. The molecule has 170 valence electrons. The van der Waals surface area contributed by atoms with E-state index in [1.165, 1.54) is 38.5 Å². The molecule has 0 aliphatic carbocycles. The number of hydrogen-bond donors (Lipinski definition) is 4. The smallest absolute Gasteiger partial charge is 0.334 e. The summed E-state index contributed by atoms with van der Waals surface area (Å²) >= 11 is 16.2. The summed E-state index contributed by atoms with van der Waals surface area (Å²) in [6, 6.07) is 1.05. The molecule has 0 unspecified atom stereocenters. The highest BCUT2D eigenvalue weighted by atomic mass is 32.1. The van der Waals surface area contributed by atoms with Gasteiger partial charge in [0, 0.05) is 13.2 Å². The van der Waals surface area contributed by atoms with Gasteiger partial charge in [0.2, 0.25) is 0 Å². The van der Waals surface area contributed by atoms with E-state index in [4.69, 9.17) is 8.85 Å². The van der Waals surface area contributed by atoms with Gasteiger partial charge in [-0.15, -0.1) is 0 Å². The molecule has 0 aromatic heterocycles. The lowest BCUT2D eigenvalue weighted by Crippen LogP contribution is -2.38. The maximum atomic E-state index is 5.65. The second-order valence-corrected chi connectivity index (χ2v) is 11.2. The standard InChI is InChI=1S/C8H20O2SSi.3C4H10S/c1-4-9-12(3,10-5-2)8-6-7-11;3*1-2-3-4-5/h11H,4-8H2,1-3H3;3*5H,2-4H2,1H3. The maximum absolute atomic E-state index is 5.65. The van der Waals surface area contributed by atoms with Gasteiger partial charge < -0.3 is 8.85 Å². The van der Waals surface area contributed by atoms with E-state index in [-0.39, 0.29) is 0 Å². The highest BCUT2D eigenvalue weighted by Crippen LogP contribution is 2.15. The van der Waals surface area contributed by atoms with Crippen LogP contribution >= 0.6 is 50.5 Å². The Kier molecular flexibility index (Phi) is 46.6. The number of rotatable bonds is 13. The summed E-state index contributed by atoms with van der Waals surface area (Å²) in [6.07, 6.45) is 8.65. The highest BCUT2D eigenvalue weighted by Gasteiger charge is 2.29. The molecule has 0 aliphatic heterocycles. The molecule has 2 nitrogen and oxygen atoms in total. The van der Waals surface area contributed by atoms with Gasteiger partial charge in [0.15, 0.2) is 0 Å². The molecule has 0 radical (unpaired) electrons. The zero-order valence-electron chi connectivity index (χ0n) is 19.0. The first-order valence-corrected chi connectivity index (χ1v) is 15.7. The van der Waals surface area contributed by atoms with Gasteiger partial charge in [-0.05, 0) is 75.1 Å². The van der Waals surface area contributed by atoms with E-state index in [1.54, 1.807) is 0 Å². The van der Waals surface area contributed by atoms with E-state index < -0.39 is 8.56 Å². The van der Waals surface area contributed by atoms with E-state index in [2.05, 4.69) is 77.8 Å². The highest BCUT2D eigenvalue weighted by molar-refractivity contribution is 7.80. The topological polar surface area (TPSA) is 18.5 Å². The summed E-state index contributed by atoms with van der Waals surface area (Å²) in [5.74, 6) is 4.03. The first kappa shape index (κ1) is 35.9. The minimum Gasteiger partial charge on any atom is -0.395 e. The Morgan fingerprint density at radius 3 is 1.00 bits per heavy atom. The summed E-state index contributed by atoms with van der Waals surface area (Å²) in [4.78, 5) is 0. The van der Waals surface area contributed by atoms with Gasteiger partial charge in [0.1, 0.15) is 0 Å². The Morgan fingerprint density at radius 2 is 0.852 bits per heavy atom. The zero-order chi connectivity index (χ0) is 21.8. The van der Waals surface area contributed by atoms with Crippen LogP contribution in [0.1, 0.15) is 79.6 Å². The molecule has 0 amide bonds.